The Balaban J connectivity index is 0.000000411. The van der Waals surface area contributed by atoms with Crippen LogP contribution in [0.5, 0.6) is 0 Å². The molecule has 3 N–H and O–H groups in total. The number of aromatic carboxylic acids is 2. The number of rotatable bonds is 3. The molecule has 0 aliphatic rings. The van der Waals surface area contributed by atoms with Crippen LogP contribution in [0.15, 0.2) is 36.4 Å². The van der Waals surface area contributed by atoms with Crippen molar-refractivity contribution in [2.45, 2.75) is 6.92 Å². The van der Waals surface area contributed by atoms with Crippen molar-refractivity contribution < 1.29 is 29.7 Å². The molecule has 0 bridgehead atoms. The average Bonchev–Trinajstić information content (AvgIpc) is 2.29. The lowest BCUT2D eigenvalue weighted by Gasteiger charge is -1.98. The second-order valence-electron chi connectivity index (χ2n) is 3.24. The summed E-state index contributed by atoms with van der Waals surface area (Å²) < 4.78 is 0. The lowest BCUT2D eigenvalue weighted by Crippen LogP contribution is -2.06. The lowest BCUT2D eigenvalue weighted by atomic mass is 10.1. The molecule has 1 aromatic carbocycles. The molecule has 0 saturated heterocycles. The number of hydrogen-bond acceptors (Lipinski definition) is 3. The molecular formula is C12H12O6. The minimum atomic E-state index is -1.23. The highest BCUT2D eigenvalue weighted by molar-refractivity contribution is 6.01. The van der Waals surface area contributed by atoms with E-state index in [9.17, 15) is 14.4 Å². The number of hydrogen-bond donors (Lipinski definition) is 3. The van der Waals surface area contributed by atoms with Crippen molar-refractivity contribution in [1.29, 1.82) is 0 Å². The molecule has 18 heavy (non-hydrogen) atoms. The van der Waals surface area contributed by atoms with Gasteiger partial charge < -0.3 is 15.3 Å². The third kappa shape index (κ3) is 4.93. The first-order valence-electron chi connectivity index (χ1n) is 4.71. The molecule has 96 valence electrons. The lowest BCUT2D eigenvalue weighted by molar-refractivity contribution is -0.132. The van der Waals surface area contributed by atoms with Crippen LogP contribution < -0.4 is 0 Å². The molecule has 1 aromatic rings. The highest BCUT2D eigenvalue weighted by Gasteiger charge is 2.13. The van der Waals surface area contributed by atoms with E-state index >= 15 is 0 Å². The van der Waals surface area contributed by atoms with E-state index in [2.05, 4.69) is 6.58 Å². The number of carbonyl (C=O) groups is 3. The SMILES string of the molecule is C=C(C)C(=O)O.O=C(O)c1ccccc1C(=O)O. The highest BCUT2D eigenvalue weighted by atomic mass is 16.4. The van der Waals surface area contributed by atoms with Gasteiger partial charge in [0.05, 0.1) is 11.1 Å². The van der Waals surface area contributed by atoms with Crippen LogP contribution >= 0.6 is 0 Å². The summed E-state index contributed by atoms with van der Waals surface area (Å²) in [6, 6.07) is 5.48. The van der Waals surface area contributed by atoms with E-state index in [1.54, 1.807) is 0 Å². The molecule has 6 heteroatoms. The van der Waals surface area contributed by atoms with E-state index in [4.69, 9.17) is 15.3 Å². The summed E-state index contributed by atoms with van der Waals surface area (Å²) >= 11 is 0. The maximum atomic E-state index is 10.5. The van der Waals surface area contributed by atoms with Crippen LogP contribution in [0.25, 0.3) is 0 Å². The largest absolute Gasteiger partial charge is 0.478 e. The van der Waals surface area contributed by atoms with E-state index in [0.29, 0.717) is 0 Å². The van der Waals surface area contributed by atoms with Gasteiger partial charge in [-0.1, -0.05) is 18.7 Å². The Bertz CT molecular complexity index is 444. The first-order chi connectivity index (χ1) is 8.27. The van der Waals surface area contributed by atoms with Crippen LogP contribution in [-0.2, 0) is 4.79 Å². The maximum absolute atomic E-state index is 10.5. The number of carboxylic acid groups (broad SMARTS) is 3. The summed E-state index contributed by atoms with van der Waals surface area (Å²) in [7, 11) is 0. The predicted octanol–water partition coefficient (Wildman–Crippen LogP) is 1.73. The number of carboxylic acids is 3. The van der Waals surface area contributed by atoms with Crippen LogP contribution in [0.2, 0.25) is 0 Å². The predicted molar refractivity (Wildman–Crippen MR) is 62.8 cm³/mol. The maximum Gasteiger partial charge on any atom is 0.336 e. The third-order valence-electron chi connectivity index (χ3n) is 1.75. The first kappa shape index (κ1) is 15.4. The van der Waals surface area contributed by atoms with E-state index in [0.717, 1.165) is 0 Å². The zero-order valence-electron chi connectivity index (χ0n) is 9.58. The second kappa shape index (κ2) is 6.85. The summed E-state index contributed by atoms with van der Waals surface area (Å²) in [4.78, 5) is 30.5. The van der Waals surface area contributed by atoms with Gasteiger partial charge in [0, 0.05) is 5.57 Å². The van der Waals surface area contributed by atoms with Crippen molar-refractivity contribution in [2.24, 2.45) is 0 Å². The summed E-state index contributed by atoms with van der Waals surface area (Å²) in [5.74, 6) is -3.39. The van der Waals surface area contributed by atoms with E-state index in [1.165, 1.54) is 31.2 Å². The smallest absolute Gasteiger partial charge is 0.336 e. The summed E-state index contributed by atoms with van der Waals surface area (Å²) in [5, 5.41) is 25.0. The van der Waals surface area contributed by atoms with Gasteiger partial charge in [0.15, 0.2) is 0 Å². The Morgan fingerprint density at radius 3 is 1.39 bits per heavy atom. The van der Waals surface area contributed by atoms with E-state index < -0.39 is 17.9 Å². The quantitative estimate of drug-likeness (QED) is 0.706. The summed E-state index contributed by atoms with van der Waals surface area (Å²) in [6.07, 6.45) is 0. The molecule has 0 amide bonds. The average molecular weight is 252 g/mol. The Kier molecular flexibility index (Phi) is 5.85. The van der Waals surface area contributed by atoms with Gasteiger partial charge in [0.2, 0.25) is 0 Å². The summed E-state index contributed by atoms with van der Waals surface area (Å²) in [5.41, 5.74) is -0.204. The van der Waals surface area contributed by atoms with Crippen LogP contribution in [0, 0.1) is 0 Å². The molecule has 0 aliphatic heterocycles. The first-order valence-corrected chi connectivity index (χ1v) is 4.71. The molecule has 0 atom stereocenters. The van der Waals surface area contributed by atoms with Crippen LogP contribution in [0.4, 0.5) is 0 Å². The van der Waals surface area contributed by atoms with Gasteiger partial charge in [-0.3, -0.25) is 0 Å². The van der Waals surface area contributed by atoms with Gasteiger partial charge in [-0.05, 0) is 19.1 Å². The van der Waals surface area contributed by atoms with Crippen LogP contribution in [0.1, 0.15) is 27.6 Å². The Morgan fingerprint density at radius 1 is 0.944 bits per heavy atom. The molecule has 1 rings (SSSR count). The molecule has 0 unspecified atom stereocenters. The standard InChI is InChI=1S/C8H6O4.C4H6O2/c9-7(10)5-3-1-2-4-6(5)8(11)12;1-3(2)4(5)6/h1-4H,(H,9,10)(H,11,12);1H2,2H3,(H,5,6). The number of aliphatic carboxylic acids is 1. The van der Waals surface area contributed by atoms with Crippen molar-refractivity contribution in [2.75, 3.05) is 0 Å². The van der Waals surface area contributed by atoms with Crippen molar-refractivity contribution >= 4 is 17.9 Å². The minimum Gasteiger partial charge on any atom is -0.478 e. The van der Waals surface area contributed by atoms with E-state index in [-0.39, 0.29) is 16.7 Å². The zero-order chi connectivity index (χ0) is 14.3. The summed E-state index contributed by atoms with van der Waals surface area (Å²) in [6.45, 7) is 4.60. The van der Waals surface area contributed by atoms with Crippen molar-refractivity contribution in [3.63, 3.8) is 0 Å². The monoisotopic (exact) mass is 252 g/mol. The molecule has 0 aliphatic carbocycles. The van der Waals surface area contributed by atoms with Gasteiger partial charge >= 0.3 is 17.9 Å². The molecule has 0 saturated carbocycles. The molecular weight excluding hydrogens is 240 g/mol. The third-order valence-corrected chi connectivity index (χ3v) is 1.75. The van der Waals surface area contributed by atoms with Crippen molar-refractivity contribution in [1.82, 2.24) is 0 Å². The van der Waals surface area contributed by atoms with Gasteiger partial charge in [-0.15, -0.1) is 0 Å². The molecule has 0 spiro atoms. The van der Waals surface area contributed by atoms with Gasteiger partial charge in [0.25, 0.3) is 0 Å². The molecule has 0 radical (unpaired) electrons. The topological polar surface area (TPSA) is 112 Å². The van der Waals surface area contributed by atoms with Gasteiger partial charge in [0.1, 0.15) is 0 Å². The Labute approximate surface area is 103 Å². The Morgan fingerprint density at radius 2 is 1.22 bits per heavy atom. The molecule has 0 aromatic heterocycles. The zero-order valence-corrected chi connectivity index (χ0v) is 9.58. The number of benzene rings is 1. The van der Waals surface area contributed by atoms with E-state index in [1.807, 2.05) is 0 Å². The van der Waals surface area contributed by atoms with Crippen molar-refractivity contribution in [3.05, 3.63) is 47.5 Å². The van der Waals surface area contributed by atoms with Crippen LogP contribution in [0.3, 0.4) is 0 Å². The second-order valence-corrected chi connectivity index (χ2v) is 3.24. The van der Waals surface area contributed by atoms with Gasteiger partial charge in [-0.25, -0.2) is 14.4 Å². The minimum absolute atomic E-state index is 0.176. The highest BCUT2D eigenvalue weighted by Crippen LogP contribution is 2.07. The Hall–Kier alpha value is -2.63. The molecule has 6 nitrogen and oxygen atoms in total. The van der Waals surface area contributed by atoms with Crippen LogP contribution in [-0.4, -0.2) is 33.2 Å². The van der Waals surface area contributed by atoms with Gasteiger partial charge in [-0.2, -0.15) is 0 Å². The normalized spacial score (nSPS) is 8.72. The fraction of sp³-hybridized carbons (Fsp3) is 0.0833. The molecule has 0 heterocycles. The fourth-order valence-electron chi connectivity index (χ4n) is 0.856. The molecule has 0 fully saturated rings. The fourth-order valence-corrected chi connectivity index (χ4v) is 0.856. The van der Waals surface area contributed by atoms with Crippen molar-refractivity contribution in [3.8, 4) is 0 Å².